The van der Waals surface area contributed by atoms with Crippen LogP contribution in [0.4, 0.5) is 10.5 Å². The van der Waals surface area contributed by atoms with Crippen LogP contribution in [0.5, 0.6) is 0 Å². The standard InChI is InChI=1S/C21H15N7O6S/c29-19(13-5-2-8-22-11-13)23-24-20(30)18-16(12-4-1-6-14(10-12)28(33)34)17(15-7-3-9-35-15)25-27(18)26-21(31)32/h1-11,26H,(H,23,29)(H,24,30)(H,31,32). The topological polar surface area (TPSA) is 181 Å². The van der Waals surface area contributed by atoms with Crippen LogP contribution in [0, 0.1) is 10.1 Å². The number of pyridine rings is 1. The summed E-state index contributed by atoms with van der Waals surface area (Å²) < 4.78 is 0. The predicted octanol–water partition coefficient (Wildman–Crippen LogP) is 2.88. The Bertz CT molecular complexity index is 1420. The third kappa shape index (κ3) is 4.96. The smallest absolute Gasteiger partial charge is 0.425 e. The van der Waals surface area contributed by atoms with Crippen molar-refractivity contribution >= 4 is 34.9 Å². The van der Waals surface area contributed by atoms with Crippen molar-refractivity contribution in [1.82, 2.24) is 25.7 Å². The molecule has 4 N–H and O–H groups in total. The van der Waals surface area contributed by atoms with Crippen molar-refractivity contribution in [3.05, 3.63) is 87.7 Å². The molecule has 13 nitrogen and oxygen atoms in total. The zero-order chi connectivity index (χ0) is 24.9. The van der Waals surface area contributed by atoms with Gasteiger partial charge in [-0.1, -0.05) is 18.2 Å². The normalized spacial score (nSPS) is 10.4. The first-order valence-electron chi connectivity index (χ1n) is 9.77. The van der Waals surface area contributed by atoms with Gasteiger partial charge in [-0.2, -0.15) is 4.79 Å². The van der Waals surface area contributed by atoms with Gasteiger partial charge in [0.05, 0.1) is 15.4 Å². The molecule has 14 heteroatoms. The van der Waals surface area contributed by atoms with E-state index in [-0.39, 0.29) is 33.8 Å². The van der Waals surface area contributed by atoms with E-state index in [4.69, 9.17) is 0 Å². The number of amides is 3. The monoisotopic (exact) mass is 493 g/mol. The molecule has 4 aromatic rings. The Hall–Kier alpha value is -5.11. The Morgan fingerprint density at radius 1 is 1.06 bits per heavy atom. The average molecular weight is 493 g/mol. The minimum atomic E-state index is -1.51. The number of aromatic nitrogens is 3. The highest BCUT2D eigenvalue weighted by atomic mass is 32.1. The molecule has 176 valence electrons. The molecule has 35 heavy (non-hydrogen) atoms. The number of hydrogen-bond donors (Lipinski definition) is 4. The number of carboxylic acid groups (broad SMARTS) is 1. The second-order valence-electron chi connectivity index (χ2n) is 6.84. The van der Waals surface area contributed by atoms with Crippen molar-refractivity contribution < 1.29 is 24.4 Å². The molecule has 0 saturated carbocycles. The maximum absolute atomic E-state index is 13.2. The van der Waals surface area contributed by atoms with Crippen molar-refractivity contribution in [1.29, 1.82) is 0 Å². The maximum Gasteiger partial charge on any atom is 0.425 e. The van der Waals surface area contributed by atoms with Gasteiger partial charge in [-0.3, -0.25) is 35.5 Å². The molecule has 3 heterocycles. The average Bonchev–Trinajstić information content (AvgIpc) is 3.51. The van der Waals surface area contributed by atoms with Gasteiger partial charge in [0, 0.05) is 30.1 Å². The van der Waals surface area contributed by atoms with Gasteiger partial charge in [-0.15, -0.1) is 16.4 Å². The van der Waals surface area contributed by atoms with Gasteiger partial charge in [0.1, 0.15) is 5.69 Å². The van der Waals surface area contributed by atoms with E-state index in [0.29, 0.717) is 4.88 Å². The number of hydrazine groups is 1. The Labute approximate surface area is 200 Å². The van der Waals surface area contributed by atoms with Gasteiger partial charge in [0.2, 0.25) is 0 Å². The molecule has 3 aromatic heterocycles. The molecule has 0 aliphatic rings. The zero-order valence-electron chi connectivity index (χ0n) is 17.5. The Morgan fingerprint density at radius 3 is 2.51 bits per heavy atom. The highest BCUT2D eigenvalue weighted by Gasteiger charge is 2.28. The fraction of sp³-hybridized carbons (Fsp3) is 0. The highest BCUT2D eigenvalue weighted by molar-refractivity contribution is 7.13. The van der Waals surface area contributed by atoms with Crippen molar-refractivity contribution in [2.75, 3.05) is 5.43 Å². The third-order valence-corrected chi connectivity index (χ3v) is 5.49. The molecule has 0 aliphatic carbocycles. The molecule has 0 atom stereocenters. The predicted molar refractivity (Wildman–Crippen MR) is 124 cm³/mol. The second-order valence-corrected chi connectivity index (χ2v) is 7.78. The van der Waals surface area contributed by atoms with Crippen LogP contribution >= 0.6 is 11.3 Å². The number of non-ortho nitro benzene ring substituents is 1. The van der Waals surface area contributed by atoms with Gasteiger partial charge in [0.25, 0.3) is 17.5 Å². The molecule has 0 bridgehead atoms. The Balaban J connectivity index is 1.81. The van der Waals surface area contributed by atoms with Crippen molar-refractivity contribution in [3.63, 3.8) is 0 Å². The second kappa shape index (κ2) is 9.80. The number of nitro groups is 1. The van der Waals surface area contributed by atoms with E-state index in [1.165, 1.54) is 60.1 Å². The van der Waals surface area contributed by atoms with Crippen molar-refractivity contribution in [3.8, 4) is 21.7 Å². The fourth-order valence-electron chi connectivity index (χ4n) is 3.18. The quantitative estimate of drug-likeness (QED) is 0.234. The molecule has 0 aliphatic heterocycles. The number of hydrogen-bond acceptors (Lipinski definition) is 8. The van der Waals surface area contributed by atoms with Crippen LogP contribution < -0.4 is 16.3 Å². The Morgan fingerprint density at radius 2 is 1.86 bits per heavy atom. The summed E-state index contributed by atoms with van der Waals surface area (Å²) in [6.45, 7) is 0. The molecular formula is C21H15N7O6S. The minimum absolute atomic E-state index is 0.123. The summed E-state index contributed by atoms with van der Waals surface area (Å²) in [5.74, 6) is -1.59. The van der Waals surface area contributed by atoms with Gasteiger partial charge in [-0.25, -0.2) is 10.2 Å². The van der Waals surface area contributed by atoms with E-state index in [1.807, 2.05) is 5.43 Å². The number of carbonyl (C=O) groups is 3. The van der Waals surface area contributed by atoms with Crippen LogP contribution in [-0.4, -0.2) is 42.8 Å². The third-order valence-electron chi connectivity index (χ3n) is 4.62. The first-order valence-corrected chi connectivity index (χ1v) is 10.7. The van der Waals surface area contributed by atoms with Crippen molar-refractivity contribution in [2.24, 2.45) is 0 Å². The number of rotatable bonds is 6. The van der Waals surface area contributed by atoms with Gasteiger partial charge < -0.3 is 5.11 Å². The van der Waals surface area contributed by atoms with E-state index in [9.17, 15) is 29.6 Å². The number of nitrogens with zero attached hydrogens (tertiary/aromatic N) is 4. The number of nitro benzene ring substituents is 1. The van der Waals surface area contributed by atoms with Gasteiger partial charge in [-0.05, 0) is 29.1 Å². The van der Waals surface area contributed by atoms with E-state index in [2.05, 4.69) is 20.9 Å². The van der Waals surface area contributed by atoms with Crippen LogP contribution in [0.15, 0.2) is 66.3 Å². The van der Waals surface area contributed by atoms with Gasteiger partial charge in [0.15, 0.2) is 5.69 Å². The molecule has 0 unspecified atom stereocenters. The lowest BCUT2D eigenvalue weighted by Gasteiger charge is -2.11. The number of thiophene rings is 1. The van der Waals surface area contributed by atoms with Crippen LogP contribution in [0.3, 0.4) is 0 Å². The van der Waals surface area contributed by atoms with Crippen LogP contribution in [0.1, 0.15) is 20.8 Å². The van der Waals surface area contributed by atoms with Crippen LogP contribution in [0.25, 0.3) is 21.7 Å². The molecule has 0 spiro atoms. The minimum Gasteiger partial charge on any atom is -0.464 e. The number of carbonyl (C=O) groups excluding carboxylic acids is 2. The Kier molecular flexibility index (Phi) is 6.46. The molecular weight excluding hydrogens is 478 g/mol. The molecule has 0 radical (unpaired) electrons. The molecule has 0 fully saturated rings. The zero-order valence-corrected chi connectivity index (χ0v) is 18.4. The van der Waals surface area contributed by atoms with E-state index in [0.717, 1.165) is 4.79 Å². The number of benzene rings is 1. The fourth-order valence-corrected chi connectivity index (χ4v) is 3.89. The summed E-state index contributed by atoms with van der Waals surface area (Å²) in [6, 6.07) is 11.9. The number of nitrogens with one attached hydrogen (secondary N) is 3. The molecule has 4 rings (SSSR count). The van der Waals surface area contributed by atoms with Crippen molar-refractivity contribution in [2.45, 2.75) is 0 Å². The summed E-state index contributed by atoms with van der Waals surface area (Å²) in [4.78, 5) is 52.9. The SMILES string of the molecule is O=C(O)Nn1nc(-c2cccs2)c(-c2cccc([N+](=O)[O-])c2)c1C(=O)NNC(=O)c1cccnc1. The van der Waals surface area contributed by atoms with Gasteiger partial charge >= 0.3 is 6.09 Å². The van der Waals surface area contributed by atoms with Crippen LogP contribution in [-0.2, 0) is 0 Å². The first-order chi connectivity index (χ1) is 16.8. The maximum atomic E-state index is 13.2. The summed E-state index contributed by atoms with van der Waals surface area (Å²) in [7, 11) is 0. The van der Waals surface area contributed by atoms with Crippen LogP contribution in [0.2, 0.25) is 0 Å². The summed E-state index contributed by atoms with van der Waals surface area (Å²) in [6.07, 6.45) is 1.26. The molecule has 1 aromatic carbocycles. The summed E-state index contributed by atoms with van der Waals surface area (Å²) in [5.41, 5.74) is 6.66. The summed E-state index contributed by atoms with van der Waals surface area (Å²) in [5, 5.41) is 26.6. The lowest BCUT2D eigenvalue weighted by molar-refractivity contribution is -0.384. The molecule has 3 amide bonds. The first kappa shape index (κ1) is 23.1. The largest absolute Gasteiger partial charge is 0.464 e. The van der Waals surface area contributed by atoms with E-state index in [1.54, 1.807) is 17.5 Å². The lowest BCUT2D eigenvalue weighted by Crippen LogP contribution is -2.43. The summed E-state index contributed by atoms with van der Waals surface area (Å²) >= 11 is 1.27. The molecule has 0 saturated heterocycles. The van der Waals surface area contributed by atoms with E-state index >= 15 is 0 Å². The lowest BCUT2D eigenvalue weighted by atomic mass is 10.0. The highest BCUT2D eigenvalue weighted by Crippen LogP contribution is 2.37. The van der Waals surface area contributed by atoms with E-state index < -0.39 is 22.8 Å².